The van der Waals surface area contributed by atoms with E-state index in [1.807, 2.05) is 0 Å². The molecule has 0 heterocycles. The Morgan fingerprint density at radius 2 is 0.818 bits per heavy atom. The van der Waals surface area contributed by atoms with Gasteiger partial charge in [-0.25, -0.2) is 0 Å². The number of halogens is 13. The van der Waals surface area contributed by atoms with E-state index in [4.69, 9.17) is 13.6 Å². The van der Waals surface area contributed by atoms with Crippen LogP contribution in [0.2, 0.25) is 0 Å². The molecule has 0 aliphatic rings. The molecule has 0 aromatic heterocycles. The van der Waals surface area contributed by atoms with Gasteiger partial charge in [-0.2, -0.15) is 57.1 Å². The van der Waals surface area contributed by atoms with Gasteiger partial charge in [0, 0.05) is 6.42 Å². The predicted molar refractivity (Wildman–Crippen MR) is 186 cm³/mol. The third-order valence-corrected chi connectivity index (χ3v) is 10.1. The Labute approximate surface area is 315 Å². The lowest BCUT2D eigenvalue weighted by molar-refractivity contribution is -0.440. The van der Waals surface area contributed by atoms with E-state index in [2.05, 4.69) is 13.8 Å². The molecule has 0 amide bonds. The van der Waals surface area contributed by atoms with E-state index in [9.17, 15) is 57.1 Å². The molecule has 0 atom stereocenters. The molecule has 0 unspecified atom stereocenters. The quantitative estimate of drug-likeness (QED) is 0.0486. The molecule has 0 N–H and O–H groups in total. The van der Waals surface area contributed by atoms with Gasteiger partial charge in [-0.1, -0.05) is 127 Å². The van der Waals surface area contributed by atoms with E-state index in [0.717, 1.165) is 89.9 Å². The van der Waals surface area contributed by atoms with Gasteiger partial charge >= 0.3 is 44.4 Å². The highest BCUT2D eigenvalue weighted by atomic mass is 31.2. The van der Waals surface area contributed by atoms with E-state index >= 15 is 0 Å². The van der Waals surface area contributed by atoms with Crippen LogP contribution in [0.25, 0.3) is 0 Å². The molecule has 316 valence electrons. The Morgan fingerprint density at radius 3 is 1.22 bits per heavy atom. The summed E-state index contributed by atoms with van der Waals surface area (Å²) in [5.41, 5.74) is 1.27. The third-order valence-electron chi connectivity index (χ3n) is 9.00. The van der Waals surface area contributed by atoms with E-state index < -0.39 is 57.4 Å². The summed E-state index contributed by atoms with van der Waals surface area (Å²) in [6, 6.07) is 12.9. The summed E-state index contributed by atoms with van der Waals surface area (Å²) in [5.74, 6) is -37.0. The van der Waals surface area contributed by atoms with Gasteiger partial charge in [0.15, 0.2) is 0 Å². The summed E-state index contributed by atoms with van der Waals surface area (Å²) in [7, 11) is -2.86. The van der Waals surface area contributed by atoms with Crippen LogP contribution in [0.3, 0.4) is 0 Å². The highest BCUT2D eigenvalue weighted by Crippen LogP contribution is 2.61. The minimum absolute atomic E-state index is 0.154. The fourth-order valence-electron chi connectivity index (χ4n) is 5.58. The SMILES string of the molecule is CCCCCCCCCc1ccccc1OP(OCCC(F)(F)C(F)(F)C(F)(F)C(F)(F)C(F)(F)C(F)(F)F)Oc1ccccc1CCCCCCCCC. The summed E-state index contributed by atoms with van der Waals surface area (Å²) in [6.45, 7) is 2.55. The van der Waals surface area contributed by atoms with Gasteiger partial charge in [-0.05, 0) is 48.9 Å². The first kappa shape index (κ1) is 48.7. The van der Waals surface area contributed by atoms with Crippen molar-refractivity contribution in [2.45, 2.75) is 159 Å². The van der Waals surface area contributed by atoms with Crippen LogP contribution in [-0.4, -0.2) is 42.4 Å². The molecule has 55 heavy (non-hydrogen) atoms. The van der Waals surface area contributed by atoms with Crippen molar-refractivity contribution in [2.75, 3.05) is 6.61 Å². The number of rotatable bonds is 28. The molecule has 17 heteroatoms. The van der Waals surface area contributed by atoms with Crippen LogP contribution in [0.4, 0.5) is 57.1 Å². The molecule has 0 saturated carbocycles. The summed E-state index contributed by atoms with van der Waals surface area (Å²) in [6.07, 6.45) is 4.91. The van der Waals surface area contributed by atoms with Crippen LogP contribution in [0.5, 0.6) is 11.5 Å². The monoisotopic (exact) mass is 832 g/mol. The largest absolute Gasteiger partial charge is 0.463 e. The van der Waals surface area contributed by atoms with E-state index in [-0.39, 0.29) is 11.5 Å². The molecule has 2 aromatic carbocycles. The maximum Gasteiger partial charge on any atom is 0.463 e. The first-order valence-corrected chi connectivity index (χ1v) is 19.7. The highest BCUT2D eigenvalue weighted by molar-refractivity contribution is 7.42. The van der Waals surface area contributed by atoms with Crippen molar-refractivity contribution >= 4 is 8.60 Å². The predicted octanol–water partition coefficient (Wildman–Crippen LogP) is 15.1. The standard InChI is InChI=1S/C38H50F13O3P/c1-3-5-7-9-11-13-15-21-29-23-17-19-25-31(29)53-55(54-32-26-20-18-24-30(32)22-16-14-12-10-8-6-4-2)52-28-27-33(39,40)34(41,42)35(43,44)36(45,46)37(47,48)38(49,50)51/h17-20,23-26H,3-16,21-22,27-28H2,1-2H3. The third kappa shape index (κ3) is 13.3. The summed E-state index contributed by atoms with van der Waals surface area (Å²) in [4.78, 5) is 0. The van der Waals surface area contributed by atoms with Gasteiger partial charge < -0.3 is 9.05 Å². The van der Waals surface area contributed by atoms with Gasteiger partial charge in [0.2, 0.25) is 0 Å². The van der Waals surface area contributed by atoms with Crippen molar-refractivity contribution < 1.29 is 70.6 Å². The molecule has 0 aliphatic carbocycles. The van der Waals surface area contributed by atoms with Crippen LogP contribution in [0.1, 0.15) is 121 Å². The smallest absolute Gasteiger partial charge is 0.417 e. The molecule has 3 nitrogen and oxygen atoms in total. The van der Waals surface area contributed by atoms with Crippen molar-refractivity contribution in [3.8, 4) is 11.5 Å². The van der Waals surface area contributed by atoms with Crippen LogP contribution in [0.15, 0.2) is 48.5 Å². The number of hydrogen-bond donors (Lipinski definition) is 0. The fraction of sp³-hybridized carbons (Fsp3) is 0.684. The van der Waals surface area contributed by atoms with Crippen LogP contribution in [-0.2, 0) is 17.4 Å². The van der Waals surface area contributed by atoms with E-state index in [1.54, 1.807) is 36.4 Å². The number of para-hydroxylation sites is 2. The Kier molecular flexibility index (Phi) is 19.4. The van der Waals surface area contributed by atoms with Crippen molar-refractivity contribution in [1.82, 2.24) is 0 Å². The lowest BCUT2D eigenvalue weighted by Gasteiger charge is -2.39. The zero-order chi connectivity index (χ0) is 41.4. The summed E-state index contributed by atoms with van der Waals surface area (Å²) < 4.78 is 195. The topological polar surface area (TPSA) is 27.7 Å². The zero-order valence-electron chi connectivity index (χ0n) is 30.9. The normalized spacial score (nSPS) is 13.5. The fourth-order valence-corrected chi connectivity index (χ4v) is 6.64. The minimum atomic E-state index is -7.97. The van der Waals surface area contributed by atoms with Crippen LogP contribution >= 0.6 is 8.60 Å². The van der Waals surface area contributed by atoms with Crippen molar-refractivity contribution in [3.63, 3.8) is 0 Å². The van der Waals surface area contributed by atoms with Crippen LogP contribution < -0.4 is 9.05 Å². The minimum Gasteiger partial charge on any atom is -0.417 e. The van der Waals surface area contributed by atoms with Crippen molar-refractivity contribution in [1.29, 1.82) is 0 Å². The lowest BCUT2D eigenvalue weighted by atomic mass is 9.93. The second-order valence-corrected chi connectivity index (χ2v) is 14.5. The molecule has 0 spiro atoms. The van der Waals surface area contributed by atoms with Gasteiger partial charge in [-0.15, -0.1) is 0 Å². The lowest BCUT2D eigenvalue weighted by Crippen LogP contribution is -2.70. The second-order valence-electron chi connectivity index (χ2n) is 13.4. The maximum absolute atomic E-state index is 14.6. The molecule has 0 saturated heterocycles. The van der Waals surface area contributed by atoms with Gasteiger partial charge in [0.05, 0.1) is 6.61 Å². The first-order chi connectivity index (χ1) is 25.7. The molecule has 2 rings (SSSR count). The number of alkyl halides is 13. The molecule has 0 aliphatic heterocycles. The van der Waals surface area contributed by atoms with Gasteiger partial charge in [-0.3, -0.25) is 4.52 Å². The van der Waals surface area contributed by atoms with Crippen molar-refractivity contribution in [2.24, 2.45) is 0 Å². The number of hydrogen-bond acceptors (Lipinski definition) is 3. The molecule has 0 bridgehead atoms. The maximum atomic E-state index is 14.6. The molecular weight excluding hydrogens is 782 g/mol. The van der Waals surface area contributed by atoms with Gasteiger partial charge in [0.25, 0.3) is 0 Å². The average Bonchev–Trinajstić information content (AvgIpc) is 3.11. The average molecular weight is 833 g/mol. The Balaban J connectivity index is 2.30. The Bertz CT molecular complexity index is 1330. The number of unbranched alkanes of at least 4 members (excludes halogenated alkanes) is 12. The summed E-state index contributed by atoms with van der Waals surface area (Å²) >= 11 is 0. The Morgan fingerprint density at radius 1 is 0.455 bits per heavy atom. The van der Waals surface area contributed by atoms with Crippen molar-refractivity contribution in [3.05, 3.63) is 59.7 Å². The van der Waals surface area contributed by atoms with E-state index in [0.29, 0.717) is 24.0 Å². The first-order valence-electron chi connectivity index (χ1n) is 18.6. The van der Waals surface area contributed by atoms with Gasteiger partial charge in [0.1, 0.15) is 11.5 Å². The highest BCUT2D eigenvalue weighted by Gasteiger charge is 2.90. The molecule has 0 radical (unpaired) electrons. The number of aryl methyl sites for hydroxylation is 2. The molecular formula is C38H50F13O3P. The van der Waals surface area contributed by atoms with Crippen LogP contribution in [0, 0.1) is 0 Å². The van der Waals surface area contributed by atoms with E-state index in [1.165, 1.54) is 12.1 Å². The second kappa shape index (κ2) is 21.9. The molecule has 2 aromatic rings. The Hall–Kier alpha value is -2.48. The molecule has 0 fully saturated rings. The summed E-state index contributed by atoms with van der Waals surface area (Å²) in [5, 5.41) is 0. The number of benzene rings is 2. The zero-order valence-corrected chi connectivity index (χ0v) is 31.8.